The maximum Gasteiger partial charge on any atom is 0.405 e. The van der Waals surface area contributed by atoms with Crippen molar-refractivity contribution in [3.63, 3.8) is 0 Å². The molecule has 0 radical (unpaired) electrons. The predicted molar refractivity (Wildman–Crippen MR) is 110 cm³/mol. The molecule has 0 aliphatic heterocycles. The van der Waals surface area contributed by atoms with Crippen LogP contribution in [-0.4, -0.2) is 24.5 Å². The van der Waals surface area contributed by atoms with Gasteiger partial charge in [-0.1, -0.05) is 42.5 Å². The van der Waals surface area contributed by atoms with Crippen molar-refractivity contribution in [1.82, 2.24) is 5.32 Å². The number of anilines is 1. The van der Waals surface area contributed by atoms with Crippen LogP contribution in [0, 0.1) is 0 Å². The zero-order valence-electron chi connectivity index (χ0n) is 16.3. The molecule has 3 aromatic rings. The molecular weight excluding hydrogens is 409 g/mol. The smallest absolute Gasteiger partial charge is 0.405 e. The van der Waals surface area contributed by atoms with Crippen LogP contribution in [0.4, 0.5) is 18.9 Å². The fourth-order valence-electron chi connectivity index (χ4n) is 2.71. The summed E-state index contributed by atoms with van der Waals surface area (Å²) in [6.45, 7) is -1.37. The molecule has 3 aromatic carbocycles. The van der Waals surface area contributed by atoms with Gasteiger partial charge in [0.25, 0.3) is 5.91 Å². The van der Waals surface area contributed by atoms with Crippen LogP contribution in [-0.2, 0) is 11.2 Å². The van der Waals surface area contributed by atoms with E-state index in [1.165, 1.54) is 0 Å². The second kappa shape index (κ2) is 9.80. The third-order valence-corrected chi connectivity index (χ3v) is 4.17. The van der Waals surface area contributed by atoms with Gasteiger partial charge in [0.15, 0.2) is 0 Å². The third-order valence-electron chi connectivity index (χ3n) is 4.17. The van der Waals surface area contributed by atoms with E-state index in [0.717, 1.165) is 0 Å². The molecule has 2 amide bonds. The molecule has 0 fully saturated rings. The summed E-state index contributed by atoms with van der Waals surface area (Å²) in [5, 5.41) is 4.56. The molecule has 2 N–H and O–H groups in total. The number of nitrogens with one attached hydrogen (secondary N) is 2. The van der Waals surface area contributed by atoms with Crippen LogP contribution in [0.15, 0.2) is 78.9 Å². The summed E-state index contributed by atoms with van der Waals surface area (Å²) < 4.78 is 42.3. The number of para-hydroxylation sites is 2. The minimum atomic E-state index is -4.45. The summed E-state index contributed by atoms with van der Waals surface area (Å²) in [6, 6.07) is 22.1. The van der Waals surface area contributed by atoms with Gasteiger partial charge >= 0.3 is 6.18 Å². The number of amides is 2. The fourth-order valence-corrected chi connectivity index (χ4v) is 2.71. The van der Waals surface area contributed by atoms with Crippen molar-refractivity contribution < 1.29 is 27.5 Å². The molecule has 0 atom stereocenters. The summed E-state index contributed by atoms with van der Waals surface area (Å²) in [7, 11) is 0. The SMILES string of the molecule is O=C(Cc1ccc(NC(=O)c2ccccc2Oc2ccccc2)cc1)NCC(F)(F)F. The Bertz CT molecular complexity index is 1040. The molecule has 0 heterocycles. The molecule has 0 spiro atoms. The van der Waals surface area contributed by atoms with Gasteiger partial charge in [-0.15, -0.1) is 0 Å². The lowest BCUT2D eigenvalue weighted by molar-refractivity contribution is -0.138. The van der Waals surface area contributed by atoms with Crippen molar-refractivity contribution >= 4 is 17.5 Å². The predicted octanol–water partition coefficient (Wildman–Crippen LogP) is 4.95. The van der Waals surface area contributed by atoms with E-state index in [-0.39, 0.29) is 12.3 Å². The van der Waals surface area contributed by atoms with Crippen LogP contribution in [0.1, 0.15) is 15.9 Å². The number of hydrogen-bond donors (Lipinski definition) is 2. The van der Waals surface area contributed by atoms with Gasteiger partial charge in [-0.05, 0) is 42.0 Å². The number of rotatable bonds is 7. The molecule has 0 saturated heterocycles. The molecular formula is C23H19F3N2O3. The number of alkyl halides is 3. The van der Waals surface area contributed by atoms with Crippen molar-refractivity contribution in [3.05, 3.63) is 90.0 Å². The van der Waals surface area contributed by atoms with E-state index >= 15 is 0 Å². The van der Waals surface area contributed by atoms with Gasteiger partial charge in [-0.25, -0.2) is 0 Å². The first-order valence-electron chi connectivity index (χ1n) is 9.36. The topological polar surface area (TPSA) is 67.4 Å². The van der Waals surface area contributed by atoms with Crippen LogP contribution >= 0.6 is 0 Å². The molecule has 0 aromatic heterocycles. The number of carbonyl (C=O) groups excluding carboxylic acids is 2. The van der Waals surface area contributed by atoms with Gasteiger partial charge < -0.3 is 15.4 Å². The maximum absolute atomic E-state index is 12.7. The second-order valence-electron chi connectivity index (χ2n) is 6.63. The van der Waals surface area contributed by atoms with Gasteiger partial charge in [-0.2, -0.15) is 13.2 Å². The minimum Gasteiger partial charge on any atom is -0.457 e. The van der Waals surface area contributed by atoms with Crippen molar-refractivity contribution in [3.8, 4) is 11.5 Å². The van der Waals surface area contributed by atoms with Crippen LogP contribution in [0.25, 0.3) is 0 Å². The maximum atomic E-state index is 12.7. The van der Waals surface area contributed by atoms with Crippen molar-refractivity contribution in [1.29, 1.82) is 0 Å². The Labute approximate surface area is 176 Å². The molecule has 5 nitrogen and oxygen atoms in total. The Hall–Kier alpha value is -3.81. The highest BCUT2D eigenvalue weighted by atomic mass is 19.4. The first kappa shape index (κ1) is 21.9. The number of ether oxygens (including phenoxy) is 1. The molecule has 160 valence electrons. The Kier molecular flexibility index (Phi) is 6.92. The van der Waals surface area contributed by atoms with E-state index in [1.807, 2.05) is 23.5 Å². The quantitative estimate of drug-likeness (QED) is 0.560. The zero-order valence-corrected chi connectivity index (χ0v) is 16.3. The summed E-state index contributed by atoms with van der Waals surface area (Å²) >= 11 is 0. The molecule has 31 heavy (non-hydrogen) atoms. The van der Waals surface area contributed by atoms with Gasteiger partial charge in [0, 0.05) is 5.69 Å². The van der Waals surface area contributed by atoms with Gasteiger partial charge in [-0.3, -0.25) is 9.59 Å². The van der Waals surface area contributed by atoms with E-state index in [1.54, 1.807) is 60.7 Å². The summed E-state index contributed by atoms with van der Waals surface area (Å²) in [6.07, 6.45) is -4.65. The number of carbonyl (C=O) groups is 2. The molecule has 0 unspecified atom stereocenters. The highest BCUT2D eigenvalue weighted by molar-refractivity contribution is 6.06. The molecule has 8 heteroatoms. The van der Waals surface area contributed by atoms with Crippen LogP contribution < -0.4 is 15.4 Å². The lowest BCUT2D eigenvalue weighted by atomic mass is 10.1. The standard InChI is InChI=1S/C23H19F3N2O3/c24-23(25,26)15-27-21(29)14-16-10-12-17(13-11-16)28-22(30)19-8-4-5-9-20(19)31-18-6-2-1-3-7-18/h1-13H,14-15H2,(H,27,29)(H,28,30). The summed E-state index contributed by atoms with van der Waals surface area (Å²) in [4.78, 5) is 24.3. The van der Waals surface area contributed by atoms with Crippen molar-refractivity contribution in [2.45, 2.75) is 12.6 Å². The molecule has 3 rings (SSSR count). The van der Waals surface area contributed by atoms with E-state index < -0.39 is 18.6 Å². The minimum absolute atomic E-state index is 0.196. The molecule has 0 aliphatic rings. The Morgan fingerprint density at radius 2 is 1.48 bits per heavy atom. The van der Waals surface area contributed by atoms with E-state index in [2.05, 4.69) is 5.32 Å². The monoisotopic (exact) mass is 428 g/mol. The van der Waals surface area contributed by atoms with E-state index in [0.29, 0.717) is 28.3 Å². The normalized spacial score (nSPS) is 10.9. The van der Waals surface area contributed by atoms with Crippen LogP contribution in [0.2, 0.25) is 0 Å². The highest BCUT2D eigenvalue weighted by Crippen LogP contribution is 2.26. The van der Waals surface area contributed by atoms with Crippen LogP contribution in [0.5, 0.6) is 11.5 Å². The largest absolute Gasteiger partial charge is 0.457 e. The average Bonchev–Trinajstić information content (AvgIpc) is 2.74. The highest BCUT2D eigenvalue weighted by Gasteiger charge is 2.27. The number of halogens is 3. The average molecular weight is 428 g/mol. The number of benzene rings is 3. The first-order valence-corrected chi connectivity index (χ1v) is 9.36. The van der Waals surface area contributed by atoms with E-state index in [4.69, 9.17) is 4.74 Å². The zero-order chi connectivity index (χ0) is 22.3. The second-order valence-corrected chi connectivity index (χ2v) is 6.63. The number of hydrogen-bond acceptors (Lipinski definition) is 3. The fraction of sp³-hybridized carbons (Fsp3) is 0.130. The summed E-state index contributed by atoms with van der Waals surface area (Å²) in [5.41, 5.74) is 1.33. The van der Waals surface area contributed by atoms with Crippen molar-refractivity contribution in [2.24, 2.45) is 0 Å². The molecule has 0 bridgehead atoms. The van der Waals surface area contributed by atoms with Gasteiger partial charge in [0.05, 0.1) is 12.0 Å². The molecule has 0 saturated carbocycles. The van der Waals surface area contributed by atoms with Crippen molar-refractivity contribution in [2.75, 3.05) is 11.9 Å². The van der Waals surface area contributed by atoms with E-state index in [9.17, 15) is 22.8 Å². The lowest BCUT2D eigenvalue weighted by Gasteiger charge is -2.12. The lowest BCUT2D eigenvalue weighted by Crippen LogP contribution is -2.34. The third kappa shape index (κ3) is 6.88. The Morgan fingerprint density at radius 3 is 2.16 bits per heavy atom. The van der Waals surface area contributed by atoms with Gasteiger partial charge in [0.1, 0.15) is 18.0 Å². The first-order chi connectivity index (χ1) is 14.8. The van der Waals surface area contributed by atoms with Gasteiger partial charge in [0.2, 0.25) is 5.91 Å². The molecule has 0 aliphatic carbocycles. The van der Waals surface area contributed by atoms with Crippen LogP contribution in [0.3, 0.4) is 0 Å². The summed E-state index contributed by atoms with van der Waals surface area (Å²) in [5.74, 6) is -0.136. The Balaban J connectivity index is 1.62. The Morgan fingerprint density at radius 1 is 0.839 bits per heavy atom.